The molecule has 0 unspecified atom stereocenters. The number of hydrogen-bond donors (Lipinski definition) is 1. The van der Waals surface area contributed by atoms with Gasteiger partial charge < -0.3 is 15.0 Å². The number of morpholine rings is 1. The lowest BCUT2D eigenvalue weighted by Crippen LogP contribution is -2.36. The molecule has 0 aliphatic carbocycles. The second kappa shape index (κ2) is 8.66. The number of hydrogen-bond acceptors (Lipinski definition) is 5. The van der Waals surface area contributed by atoms with Crippen LogP contribution in [0.3, 0.4) is 0 Å². The summed E-state index contributed by atoms with van der Waals surface area (Å²) in [4.78, 5) is 14.7. The van der Waals surface area contributed by atoms with Crippen molar-refractivity contribution in [2.75, 3.05) is 36.5 Å². The maximum absolute atomic E-state index is 12.5. The largest absolute Gasteiger partial charge is 0.378 e. The number of nitrogens with one attached hydrogen (secondary N) is 1. The molecule has 0 saturated carbocycles. The maximum Gasteiger partial charge on any atom is 0.256 e. The zero-order chi connectivity index (χ0) is 19.3. The van der Waals surface area contributed by atoms with Crippen LogP contribution in [-0.4, -0.2) is 42.4 Å². The van der Waals surface area contributed by atoms with Crippen LogP contribution in [0.1, 0.15) is 10.4 Å². The molecule has 2 aromatic carbocycles. The van der Waals surface area contributed by atoms with E-state index in [4.69, 9.17) is 4.74 Å². The molecule has 1 amide bonds. The number of nitrogens with zero attached hydrogens (tertiary/aromatic N) is 3. The molecule has 1 aromatic heterocycles. The lowest BCUT2D eigenvalue weighted by Gasteiger charge is -2.27. The lowest BCUT2D eigenvalue weighted by molar-refractivity contribution is 0.102. The fourth-order valence-electron chi connectivity index (χ4n) is 3.04. The van der Waals surface area contributed by atoms with Crippen LogP contribution in [0, 0.1) is 3.57 Å². The molecule has 2 heterocycles. The smallest absolute Gasteiger partial charge is 0.256 e. The second-order valence-corrected chi connectivity index (χ2v) is 7.55. The minimum Gasteiger partial charge on any atom is -0.378 e. The molecular weight excluding hydrogens is 467 g/mol. The molecule has 1 saturated heterocycles. The number of carbonyl (C=O) groups excluding carboxylic acids is 1. The molecule has 0 atom stereocenters. The monoisotopic (exact) mass is 486 g/mol. The van der Waals surface area contributed by atoms with Gasteiger partial charge >= 0.3 is 0 Å². The number of benzene rings is 2. The van der Waals surface area contributed by atoms with E-state index in [1.54, 1.807) is 0 Å². The zero-order valence-electron chi connectivity index (χ0n) is 15.1. The number of rotatable bonds is 4. The predicted octanol–water partition coefficient (Wildman–Crippen LogP) is 3.84. The van der Waals surface area contributed by atoms with Gasteiger partial charge in [0.1, 0.15) is 0 Å². The summed E-state index contributed by atoms with van der Waals surface area (Å²) in [5.41, 5.74) is 3.05. The van der Waals surface area contributed by atoms with Crippen LogP contribution >= 0.6 is 22.6 Å². The number of amides is 1. The predicted molar refractivity (Wildman–Crippen MR) is 118 cm³/mol. The van der Waals surface area contributed by atoms with Crippen molar-refractivity contribution in [3.63, 3.8) is 0 Å². The van der Waals surface area contributed by atoms with E-state index in [0.717, 1.165) is 39.4 Å². The Morgan fingerprint density at radius 3 is 2.57 bits per heavy atom. The quantitative estimate of drug-likeness (QED) is 0.568. The average molecular weight is 486 g/mol. The molecule has 7 heteroatoms. The molecule has 6 nitrogen and oxygen atoms in total. The Hall–Kier alpha value is -2.52. The molecular formula is C21H19IN4O2. The number of anilines is 2. The third-order valence-corrected chi connectivity index (χ3v) is 5.46. The van der Waals surface area contributed by atoms with E-state index in [2.05, 4.69) is 43.0 Å². The van der Waals surface area contributed by atoms with Gasteiger partial charge in [-0.3, -0.25) is 4.79 Å². The molecule has 28 heavy (non-hydrogen) atoms. The van der Waals surface area contributed by atoms with Crippen molar-refractivity contribution in [3.8, 4) is 11.3 Å². The van der Waals surface area contributed by atoms with Gasteiger partial charge in [0.25, 0.3) is 5.91 Å². The first-order valence-corrected chi connectivity index (χ1v) is 10.1. The van der Waals surface area contributed by atoms with E-state index in [0.29, 0.717) is 18.8 Å². The molecule has 1 fully saturated rings. The van der Waals surface area contributed by atoms with Crippen LogP contribution < -0.4 is 10.2 Å². The molecule has 3 aromatic rings. The van der Waals surface area contributed by atoms with Crippen LogP contribution in [0.5, 0.6) is 0 Å². The van der Waals surface area contributed by atoms with Gasteiger partial charge in [0.2, 0.25) is 0 Å². The van der Waals surface area contributed by atoms with Crippen LogP contribution in [0.2, 0.25) is 0 Å². The molecule has 1 aliphatic heterocycles. The fraction of sp³-hybridized carbons (Fsp3) is 0.190. The Morgan fingerprint density at radius 1 is 1.00 bits per heavy atom. The molecule has 142 valence electrons. The lowest BCUT2D eigenvalue weighted by atomic mass is 10.1. The number of carbonyl (C=O) groups is 1. The van der Waals surface area contributed by atoms with E-state index < -0.39 is 0 Å². The Balaban J connectivity index is 1.50. The van der Waals surface area contributed by atoms with Crippen molar-refractivity contribution in [2.24, 2.45) is 0 Å². The standard InChI is InChI=1S/C21H19IN4O2/c22-18-7-2-1-6-17(18)21(27)23-16-5-3-4-15(14-16)19-8-9-20(25-24-19)26-10-12-28-13-11-26/h1-9,14H,10-13H2,(H,23,27). The van der Waals surface area contributed by atoms with Crippen LogP contribution in [0.25, 0.3) is 11.3 Å². The molecule has 1 N–H and O–H groups in total. The molecule has 0 radical (unpaired) electrons. The summed E-state index contributed by atoms with van der Waals surface area (Å²) < 4.78 is 6.29. The van der Waals surface area contributed by atoms with Crippen molar-refractivity contribution < 1.29 is 9.53 Å². The number of halogens is 1. The third kappa shape index (κ3) is 4.31. The zero-order valence-corrected chi connectivity index (χ0v) is 17.3. The van der Waals surface area contributed by atoms with E-state index in [-0.39, 0.29) is 5.91 Å². The maximum atomic E-state index is 12.5. The Morgan fingerprint density at radius 2 is 1.82 bits per heavy atom. The number of aromatic nitrogens is 2. The molecule has 4 rings (SSSR count). The Bertz CT molecular complexity index is 972. The van der Waals surface area contributed by atoms with Crippen molar-refractivity contribution in [1.29, 1.82) is 0 Å². The van der Waals surface area contributed by atoms with Crippen molar-refractivity contribution in [3.05, 3.63) is 69.8 Å². The van der Waals surface area contributed by atoms with Crippen LogP contribution in [0.15, 0.2) is 60.7 Å². The van der Waals surface area contributed by atoms with Crippen LogP contribution in [0.4, 0.5) is 11.5 Å². The summed E-state index contributed by atoms with van der Waals surface area (Å²) in [6, 6.07) is 19.1. The van der Waals surface area contributed by atoms with E-state index >= 15 is 0 Å². The van der Waals surface area contributed by atoms with Gasteiger partial charge in [0.15, 0.2) is 5.82 Å². The van der Waals surface area contributed by atoms with E-state index in [1.165, 1.54) is 0 Å². The summed E-state index contributed by atoms with van der Waals surface area (Å²) >= 11 is 2.16. The Kier molecular flexibility index (Phi) is 5.82. The van der Waals surface area contributed by atoms with Gasteiger partial charge in [-0.15, -0.1) is 10.2 Å². The van der Waals surface area contributed by atoms with Gasteiger partial charge in [-0.2, -0.15) is 0 Å². The molecule has 1 aliphatic rings. The topological polar surface area (TPSA) is 67.4 Å². The first-order chi connectivity index (χ1) is 13.7. The minimum atomic E-state index is -0.129. The highest BCUT2D eigenvalue weighted by Crippen LogP contribution is 2.23. The number of ether oxygens (including phenoxy) is 1. The molecule has 0 spiro atoms. The first-order valence-electron chi connectivity index (χ1n) is 9.03. The van der Waals surface area contributed by atoms with Crippen molar-refractivity contribution >= 4 is 40.0 Å². The third-order valence-electron chi connectivity index (χ3n) is 4.52. The fourth-order valence-corrected chi connectivity index (χ4v) is 3.67. The summed E-state index contributed by atoms with van der Waals surface area (Å²) in [5.74, 6) is 0.728. The van der Waals surface area contributed by atoms with E-state index in [9.17, 15) is 4.79 Å². The highest BCUT2D eigenvalue weighted by atomic mass is 127. The first kappa shape index (κ1) is 18.8. The molecule has 0 bridgehead atoms. The van der Waals surface area contributed by atoms with Crippen molar-refractivity contribution in [2.45, 2.75) is 0 Å². The average Bonchev–Trinajstić information content (AvgIpc) is 2.75. The van der Waals surface area contributed by atoms with Crippen molar-refractivity contribution in [1.82, 2.24) is 10.2 Å². The summed E-state index contributed by atoms with van der Waals surface area (Å²) in [6.45, 7) is 3.08. The second-order valence-electron chi connectivity index (χ2n) is 6.39. The summed E-state index contributed by atoms with van der Waals surface area (Å²) in [5, 5.41) is 11.7. The SMILES string of the molecule is O=C(Nc1cccc(-c2ccc(N3CCOCC3)nn2)c1)c1ccccc1I. The summed E-state index contributed by atoms with van der Waals surface area (Å²) in [7, 11) is 0. The van der Waals surface area contributed by atoms with Gasteiger partial charge in [-0.25, -0.2) is 0 Å². The van der Waals surface area contributed by atoms with Crippen LogP contribution in [-0.2, 0) is 4.74 Å². The van der Waals surface area contributed by atoms with E-state index in [1.807, 2.05) is 60.7 Å². The summed E-state index contributed by atoms with van der Waals surface area (Å²) in [6.07, 6.45) is 0. The van der Waals surface area contributed by atoms with Gasteiger partial charge in [-0.05, 0) is 59.0 Å². The highest BCUT2D eigenvalue weighted by molar-refractivity contribution is 14.1. The highest BCUT2D eigenvalue weighted by Gasteiger charge is 2.14. The normalized spacial score (nSPS) is 14.0. The van der Waals surface area contributed by atoms with Gasteiger partial charge in [0.05, 0.1) is 24.5 Å². The minimum absolute atomic E-state index is 0.129. The van der Waals surface area contributed by atoms with Gasteiger partial charge in [0, 0.05) is 27.9 Å². The van der Waals surface area contributed by atoms with Gasteiger partial charge in [-0.1, -0.05) is 24.3 Å². The Labute approximate surface area is 177 Å².